The lowest BCUT2D eigenvalue weighted by molar-refractivity contribution is 0.356. The molecular weight excluding hydrogens is 390 g/mol. The van der Waals surface area contributed by atoms with Crippen LogP contribution in [0.3, 0.4) is 0 Å². The molecule has 2 heterocycles. The SMILES string of the molecule is COc1ccc(-c2ccccn2)c(S(=O)c2nc3cc(OC)c(OC)cc3[nH]2)c1. The van der Waals surface area contributed by atoms with Gasteiger partial charge in [0.15, 0.2) is 11.5 Å². The van der Waals surface area contributed by atoms with Crippen LogP contribution in [0.1, 0.15) is 0 Å². The number of hydrogen-bond donors (Lipinski definition) is 1. The van der Waals surface area contributed by atoms with E-state index in [2.05, 4.69) is 15.0 Å². The van der Waals surface area contributed by atoms with E-state index >= 15 is 0 Å². The first-order valence-corrected chi connectivity index (χ1v) is 9.92. The van der Waals surface area contributed by atoms with Gasteiger partial charge in [-0.3, -0.25) is 4.98 Å². The van der Waals surface area contributed by atoms with Gasteiger partial charge in [0.25, 0.3) is 0 Å². The molecule has 0 aliphatic carbocycles. The molecular formula is C21H19N3O4S. The molecule has 8 heteroatoms. The number of aromatic nitrogens is 3. The normalized spacial score (nSPS) is 12.0. The Kier molecular flexibility index (Phi) is 5.18. The second-order valence-electron chi connectivity index (χ2n) is 6.11. The minimum absolute atomic E-state index is 0.320. The Labute approximate surface area is 170 Å². The van der Waals surface area contributed by atoms with Crippen molar-refractivity contribution in [3.8, 4) is 28.5 Å². The number of imidazole rings is 1. The summed E-state index contributed by atoms with van der Waals surface area (Å²) in [4.78, 5) is 12.6. The number of methoxy groups -OCH3 is 3. The van der Waals surface area contributed by atoms with Crippen LogP contribution in [0.5, 0.6) is 17.2 Å². The molecule has 2 aromatic carbocycles. The third-order valence-corrected chi connectivity index (χ3v) is 5.75. The predicted molar refractivity (Wildman–Crippen MR) is 110 cm³/mol. The van der Waals surface area contributed by atoms with Crippen molar-refractivity contribution in [1.82, 2.24) is 15.0 Å². The lowest BCUT2D eigenvalue weighted by atomic mass is 10.1. The van der Waals surface area contributed by atoms with Crippen LogP contribution in [-0.4, -0.2) is 40.5 Å². The van der Waals surface area contributed by atoms with E-state index < -0.39 is 10.8 Å². The number of H-pyrrole nitrogens is 1. The molecule has 0 radical (unpaired) electrons. The molecule has 0 spiro atoms. The van der Waals surface area contributed by atoms with Crippen molar-refractivity contribution in [2.75, 3.05) is 21.3 Å². The van der Waals surface area contributed by atoms with Crippen LogP contribution >= 0.6 is 0 Å². The van der Waals surface area contributed by atoms with E-state index in [-0.39, 0.29) is 0 Å². The first kappa shape index (κ1) is 18.9. The number of hydrogen-bond acceptors (Lipinski definition) is 6. The van der Waals surface area contributed by atoms with Gasteiger partial charge in [0.1, 0.15) is 16.5 Å². The number of benzene rings is 2. The Morgan fingerprint density at radius 2 is 1.72 bits per heavy atom. The third kappa shape index (κ3) is 3.54. The average molecular weight is 409 g/mol. The maximum atomic E-state index is 13.5. The minimum Gasteiger partial charge on any atom is -0.497 e. The first-order valence-electron chi connectivity index (χ1n) is 8.77. The number of nitrogens with zero attached hydrogens (tertiary/aromatic N) is 2. The zero-order valence-corrected chi connectivity index (χ0v) is 16.9. The van der Waals surface area contributed by atoms with E-state index in [4.69, 9.17) is 14.2 Å². The quantitative estimate of drug-likeness (QED) is 0.521. The van der Waals surface area contributed by atoms with Crippen LogP contribution in [0.25, 0.3) is 22.3 Å². The Morgan fingerprint density at radius 3 is 2.41 bits per heavy atom. The molecule has 1 atom stereocenters. The molecule has 4 rings (SSSR count). The summed E-state index contributed by atoms with van der Waals surface area (Å²) in [5.41, 5.74) is 2.81. The fourth-order valence-electron chi connectivity index (χ4n) is 3.02. The van der Waals surface area contributed by atoms with Gasteiger partial charge < -0.3 is 19.2 Å². The van der Waals surface area contributed by atoms with Gasteiger partial charge in [0.2, 0.25) is 5.16 Å². The molecule has 0 aliphatic heterocycles. The van der Waals surface area contributed by atoms with Crippen LogP contribution in [0.2, 0.25) is 0 Å². The van der Waals surface area contributed by atoms with Crippen molar-refractivity contribution in [2.45, 2.75) is 10.1 Å². The van der Waals surface area contributed by atoms with Gasteiger partial charge in [0, 0.05) is 23.9 Å². The molecule has 0 bridgehead atoms. The van der Waals surface area contributed by atoms with Gasteiger partial charge in [-0.15, -0.1) is 0 Å². The molecule has 0 fully saturated rings. The van der Waals surface area contributed by atoms with Crippen LogP contribution in [0.15, 0.2) is 64.8 Å². The van der Waals surface area contributed by atoms with Crippen LogP contribution < -0.4 is 14.2 Å². The highest BCUT2D eigenvalue weighted by Gasteiger charge is 2.20. The zero-order valence-electron chi connectivity index (χ0n) is 16.1. The largest absolute Gasteiger partial charge is 0.497 e. The van der Waals surface area contributed by atoms with Crippen molar-refractivity contribution in [2.24, 2.45) is 0 Å². The van der Waals surface area contributed by atoms with Gasteiger partial charge in [-0.25, -0.2) is 9.19 Å². The molecule has 0 amide bonds. The van der Waals surface area contributed by atoms with Gasteiger partial charge in [0.05, 0.1) is 43.0 Å². The molecule has 148 valence electrons. The van der Waals surface area contributed by atoms with Crippen LogP contribution in [0, 0.1) is 0 Å². The summed E-state index contributed by atoms with van der Waals surface area (Å²) in [7, 11) is 3.11. The zero-order chi connectivity index (χ0) is 20.4. The fraction of sp³-hybridized carbons (Fsp3) is 0.143. The number of fused-ring (bicyclic) bond motifs is 1. The highest BCUT2D eigenvalue weighted by atomic mass is 32.2. The summed E-state index contributed by atoms with van der Waals surface area (Å²) in [6, 6.07) is 14.5. The second-order valence-corrected chi connectivity index (χ2v) is 7.48. The van der Waals surface area contributed by atoms with Gasteiger partial charge in [-0.1, -0.05) is 6.07 Å². The first-order chi connectivity index (χ1) is 14.1. The predicted octanol–water partition coefficient (Wildman–Crippen LogP) is 3.82. The number of rotatable bonds is 6. The van der Waals surface area contributed by atoms with Gasteiger partial charge in [-0.05, 0) is 30.3 Å². The monoisotopic (exact) mass is 409 g/mol. The van der Waals surface area contributed by atoms with E-state index in [0.717, 1.165) is 11.3 Å². The number of ether oxygens (including phenoxy) is 3. The van der Waals surface area contributed by atoms with Crippen molar-refractivity contribution in [3.63, 3.8) is 0 Å². The van der Waals surface area contributed by atoms with Gasteiger partial charge >= 0.3 is 0 Å². The molecule has 0 saturated heterocycles. The Morgan fingerprint density at radius 1 is 0.931 bits per heavy atom. The Bertz CT molecular complexity index is 1150. The molecule has 4 aromatic rings. The maximum Gasteiger partial charge on any atom is 0.202 e. The van der Waals surface area contributed by atoms with E-state index in [0.29, 0.717) is 38.3 Å². The Balaban J connectivity index is 1.84. The molecule has 1 N–H and O–H groups in total. The lowest BCUT2D eigenvalue weighted by Gasteiger charge is -2.09. The van der Waals surface area contributed by atoms with E-state index in [1.165, 1.54) is 0 Å². The van der Waals surface area contributed by atoms with Crippen molar-refractivity contribution in [3.05, 3.63) is 54.7 Å². The van der Waals surface area contributed by atoms with Gasteiger partial charge in [-0.2, -0.15) is 0 Å². The van der Waals surface area contributed by atoms with E-state index in [9.17, 15) is 4.21 Å². The Hall–Kier alpha value is -3.39. The molecule has 0 saturated carbocycles. The van der Waals surface area contributed by atoms with E-state index in [1.807, 2.05) is 30.3 Å². The van der Waals surface area contributed by atoms with Crippen molar-refractivity contribution in [1.29, 1.82) is 0 Å². The molecule has 7 nitrogen and oxygen atoms in total. The van der Waals surface area contributed by atoms with E-state index in [1.54, 1.807) is 45.7 Å². The summed E-state index contributed by atoms with van der Waals surface area (Å²) in [5, 5.41) is 0.320. The number of nitrogens with one attached hydrogen (secondary N) is 1. The maximum absolute atomic E-state index is 13.5. The molecule has 1 unspecified atom stereocenters. The summed E-state index contributed by atoms with van der Waals surface area (Å²) < 4.78 is 29.5. The molecule has 0 aliphatic rings. The molecule has 2 aromatic heterocycles. The summed E-state index contributed by atoms with van der Waals surface area (Å²) in [6.07, 6.45) is 1.70. The van der Waals surface area contributed by atoms with Crippen molar-refractivity contribution < 1.29 is 18.4 Å². The highest BCUT2D eigenvalue weighted by molar-refractivity contribution is 7.85. The van der Waals surface area contributed by atoms with Crippen LogP contribution in [0.4, 0.5) is 0 Å². The lowest BCUT2D eigenvalue weighted by Crippen LogP contribution is -2.00. The molecule has 29 heavy (non-hydrogen) atoms. The van der Waals surface area contributed by atoms with Crippen molar-refractivity contribution >= 4 is 21.8 Å². The summed E-state index contributed by atoms with van der Waals surface area (Å²) in [5.74, 6) is 1.73. The third-order valence-electron chi connectivity index (χ3n) is 4.47. The standard InChI is InChI=1S/C21H19N3O4S/c1-26-13-7-8-14(15-6-4-5-9-22-15)20(10-13)29(25)21-23-16-11-18(27-2)19(28-3)12-17(16)24-21/h4-12H,1-3H3,(H,23,24). The minimum atomic E-state index is -1.59. The summed E-state index contributed by atoms with van der Waals surface area (Å²) >= 11 is 0. The smallest absolute Gasteiger partial charge is 0.202 e. The van der Waals surface area contributed by atoms with Crippen LogP contribution in [-0.2, 0) is 10.8 Å². The summed E-state index contributed by atoms with van der Waals surface area (Å²) in [6.45, 7) is 0. The number of pyridine rings is 1. The highest BCUT2D eigenvalue weighted by Crippen LogP contribution is 2.34. The topological polar surface area (TPSA) is 86.3 Å². The average Bonchev–Trinajstić information content (AvgIpc) is 3.20. The fourth-order valence-corrected chi connectivity index (χ4v) is 4.21. The second kappa shape index (κ2) is 7.92. The number of aromatic amines is 1.